The molecule has 0 aliphatic heterocycles. The molecular formula is C26H34N2O3. The standard InChI is InChI=1S/C26H34N2O3/c1-19(2)22-13-15-24(16-14-22)31-18-25(29)28(17-21-9-5-4-6-10-21)20(3)26(30)27-23-11-7-8-12-23/h4-6,9-10,13-16,19-20,23H,7-8,11-12,17-18H2,1-3H3,(H,27,30)/t20-/m1/s1. The first-order chi connectivity index (χ1) is 14.9. The molecule has 0 spiro atoms. The van der Waals surface area contributed by atoms with E-state index in [1.165, 1.54) is 5.56 Å². The van der Waals surface area contributed by atoms with Gasteiger partial charge in [-0.1, -0.05) is 69.2 Å². The Bertz CT molecular complexity index is 843. The Labute approximate surface area is 185 Å². The molecule has 2 amide bonds. The molecule has 0 unspecified atom stereocenters. The van der Waals surface area contributed by atoms with Gasteiger partial charge in [0.1, 0.15) is 11.8 Å². The van der Waals surface area contributed by atoms with Crippen LogP contribution in [0.15, 0.2) is 54.6 Å². The Morgan fingerprint density at radius 2 is 1.65 bits per heavy atom. The third-order valence-electron chi connectivity index (χ3n) is 5.97. The van der Waals surface area contributed by atoms with Crippen molar-refractivity contribution in [3.63, 3.8) is 0 Å². The van der Waals surface area contributed by atoms with Gasteiger partial charge in [0.05, 0.1) is 0 Å². The van der Waals surface area contributed by atoms with E-state index in [1.807, 2.05) is 54.6 Å². The van der Waals surface area contributed by atoms with Crippen LogP contribution in [-0.4, -0.2) is 35.4 Å². The van der Waals surface area contributed by atoms with Crippen molar-refractivity contribution in [1.82, 2.24) is 10.2 Å². The second kappa shape index (κ2) is 11.0. The second-order valence-electron chi connectivity index (χ2n) is 8.69. The fraction of sp³-hybridized carbons (Fsp3) is 0.462. The van der Waals surface area contributed by atoms with Crippen molar-refractivity contribution in [1.29, 1.82) is 0 Å². The van der Waals surface area contributed by atoms with Crippen LogP contribution < -0.4 is 10.1 Å². The van der Waals surface area contributed by atoms with Crippen LogP contribution in [0.3, 0.4) is 0 Å². The molecule has 2 aromatic rings. The van der Waals surface area contributed by atoms with Gasteiger partial charge in [0, 0.05) is 12.6 Å². The van der Waals surface area contributed by atoms with E-state index in [4.69, 9.17) is 4.74 Å². The van der Waals surface area contributed by atoms with Gasteiger partial charge >= 0.3 is 0 Å². The van der Waals surface area contributed by atoms with E-state index in [1.54, 1.807) is 11.8 Å². The van der Waals surface area contributed by atoms with E-state index < -0.39 is 6.04 Å². The highest BCUT2D eigenvalue weighted by atomic mass is 16.5. The van der Waals surface area contributed by atoms with E-state index >= 15 is 0 Å². The van der Waals surface area contributed by atoms with Crippen molar-refractivity contribution in [2.45, 2.75) is 71.0 Å². The van der Waals surface area contributed by atoms with Crippen LogP contribution in [0.1, 0.15) is 63.5 Å². The first-order valence-electron chi connectivity index (χ1n) is 11.3. The van der Waals surface area contributed by atoms with Crippen molar-refractivity contribution in [3.05, 3.63) is 65.7 Å². The van der Waals surface area contributed by atoms with E-state index in [2.05, 4.69) is 19.2 Å². The quantitative estimate of drug-likeness (QED) is 0.639. The average Bonchev–Trinajstić information content (AvgIpc) is 3.29. The highest BCUT2D eigenvalue weighted by Gasteiger charge is 2.28. The third kappa shape index (κ3) is 6.58. The Kier molecular flexibility index (Phi) is 8.10. The SMILES string of the molecule is CC(C)c1ccc(OCC(=O)N(Cc2ccccc2)[C@H](C)C(=O)NC2CCCC2)cc1. The van der Waals surface area contributed by atoms with Gasteiger partial charge < -0.3 is 15.0 Å². The Balaban J connectivity index is 1.66. The van der Waals surface area contributed by atoms with Crippen molar-refractivity contribution in [2.24, 2.45) is 0 Å². The molecule has 2 aromatic carbocycles. The minimum Gasteiger partial charge on any atom is -0.484 e. The third-order valence-corrected chi connectivity index (χ3v) is 5.97. The molecule has 5 heteroatoms. The van der Waals surface area contributed by atoms with Crippen LogP contribution in [0.5, 0.6) is 5.75 Å². The number of ether oxygens (including phenoxy) is 1. The summed E-state index contributed by atoms with van der Waals surface area (Å²) in [4.78, 5) is 27.6. The van der Waals surface area contributed by atoms with Crippen LogP contribution in [0.25, 0.3) is 0 Å². The smallest absolute Gasteiger partial charge is 0.261 e. The van der Waals surface area contributed by atoms with Crippen molar-refractivity contribution in [3.8, 4) is 5.75 Å². The fourth-order valence-electron chi connectivity index (χ4n) is 3.93. The summed E-state index contributed by atoms with van der Waals surface area (Å²) < 4.78 is 5.76. The minimum absolute atomic E-state index is 0.0996. The highest BCUT2D eigenvalue weighted by molar-refractivity contribution is 5.88. The van der Waals surface area contributed by atoms with Crippen molar-refractivity contribution >= 4 is 11.8 Å². The molecule has 1 atom stereocenters. The Hall–Kier alpha value is -2.82. The molecule has 1 aliphatic rings. The number of hydrogen-bond donors (Lipinski definition) is 1. The minimum atomic E-state index is -0.569. The summed E-state index contributed by atoms with van der Waals surface area (Å²) in [6, 6.07) is 17.2. The van der Waals surface area contributed by atoms with Crippen LogP contribution in [0, 0.1) is 0 Å². The number of benzene rings is 2. The maximum absolute atomic E-state index is 13.1. The molecular weight excluding hydrogens is 388 g/mol. The topological polar surface area (TPSA) is 58.6 Å². The second-order valence-corrected chi connectivity index (χ2v) is 8.69. The van der Waals surface area contributed by atoms with Crippen LogP contribution in [0.4, 0.5) is 0 Å². The number of carbonyl (C=O) groups is 2. The first kappa shape index (κ1) is 22.9. The number of nitrogens with one attached hydrogen (secondary N) is 1. The van der Waals surface area contributed by atoms with Crippen LogP contribution >= 0.6 is 0 Å². The van der Waals surface area contributed by atoms with Crippen molar-refractivity contribution in [2.75, 3.05) is 6.61 Å². The molecule has 0 heterocycles. The summed E-state index contributed by atoms with van der Waals surface area (Å²) in [5.41, 5.74) is 2.21. The normalized spacial score (nSPS) is 15.0. The number of hydrogen-bond acceptors (Lipinski definition) is 3. The molecule has 1 N–H and O–H groups in total. The predicted octanol–water partition coefficient (Wildman–Crippen LogP) is 4.66. The first-order valence-corrected chi connectivity index (χ1v) is 11.3. The van der Waals surface area contributed by atoms with Gasteiger partial charge in [-0.05, 0) is 48.9 Å². The summed E-state index contributed by atoms with van der Waals surface area (Å²) >= 11 is 0. The van der Waals surface area contributed by atoms with Gasteiger partial charge in [0.15, 0.2) is 6.61 Å². The molecule has 5 nitrogen and oxygen atoms in total. The summed E-state index contributed by atoms with van der Waals surface area (Å²) in [6.45, 7) is 6.34. The van der Waals surface area contributed by atoms with Gasteiger partial charge in [-0.25, -0.2) is 0 Å². The lowest BCUT2D eigenvalue weighted by Gasteiger charge is -2.29. The highest BCUT2D eigenvalue weighted by Crippen LogP contribution is 2.20. The molecule has 0 saturated heterocycles. The molecule has 0 aromatic heterocycles. The number of nitrogens with zero attached hydrogens (tertiary/aromatic N) is 1. The Morgan fingerprint density at radius 3 is 2.26 bits per heavy atom. The van der Waals surface area contributed by atoms with Crippen LogP contribution in [-0.2, 0) is 16.1 Å². The zero-order valence-electron chi connectivity index (χ0n) is 18.8. The molecule has 0 radical (unpaired) electrons. The van der Waals surface area contributed by atoms with Gasteiger partial charge in [-0.2, -0.15) is 0 Å². The zero-order chi connectivity index (χ0) is 22.2. The van der Waals surface area contributed by atoms with Gasteiger partial charge in [0.2, 0.25) is 5.91 Å². The maximum atomic E-state index is 13.1. The molecule has 166 valence electrons. The zero-order valence-corrected chi connectivity index (χ0v) is 18.8. The Morgan fingerprint density at radius 1 is 1.00 bits per heavy atom. The fourth-order valence-corrected chi connectivity index (χ4v) is 3.93. The molecule has 1 saturated carbocycles. The predicted molar refractivity (Wildman–Crippen MR) is 123 cm³/mol. The molecule has 0 bridgehead atoms. The summed E-state index contributed by atoms with van der Waals surface area (Å²) in [5, 5.41) is 3.12. The molecule has 31 heavy (non-hydrogen) atoms. The van der Waals surface area contributed by atoms with Crippen molar-refractivity contribution < 1.29 is 14.3 Å². The lowest BCUT2D eigenvalue weighted by atomic mass is 10.0. The molecule has 3 rings (SSSR count). The van der Waals surface area contributed by atoms with Gasteiger partial charge in [-0.15, -0.1) is 0 Å². The molecule has 1 aliphatic carbocycles. The summed E-state index contributed by atoms with van der Waals surface area (Å²) in [6.07, 6.45) is 4.33. The van der Waals surface area contributed by atoms with Gasteiger partial charge in [0.25, 0.3) is 5.91 Å². The number of rotatable bonds is 9. The monoisotopic (exact) mass is 422 g/mol. The lowest BCUT2D eigenvalue weighted by Crippen LogP contribution is -2.50. The van der Waals surface area contributed by atoms with Gasteiger partial charge in [-0.3, -0.25) is 9.59 Å². The van der Waals surface area contributed by atoms with Crippen LogP contribution in [0.2, 0.25) is 0 Å². The van der Waals surface area contributed by atoms with E-state index in [0.29, 0.717) is 18.2 Å². The largest absolute Gasteiger partial charge is 0.484 e. The lowest BCUT2D eigenvalue weighted by molar-refractivity contribution is -0.142. The number of amides is 2. The van der Waals surface area contributed by atoms with E-state index in [9.17, 15) is 9.59 Å². The maximum Gasteiger partial charge on any atom is 0.261 e. The van der Waals surface area contributed by atoms with E-state index in [-0.39, 0.29) is 24.5 Å². The number of carbonyl (C=O) groups excluding carboxylic acids is 2. The summed E-state index contributed by atoms with van der Waals surface area (Å²) in [7, 11) is 0. The van der Waals surface area contributed by atoms with E-state index in [0.717, 1.165) is 31.2 Å². The summed E-state index contributed by atoms with van der Waals surface area (Å²) in [5.74, 6) is 0.792. The molecule has 1 fully saturated rings. The average molecular weight is 423 g/mol.